The molecule has 2 aliphatic rings. The fourth-order valence-electron chi connectivity index (χ4n) is 5.47. The van der Waals surface area contributed by atoms with Crippen molar-refractivity contribution in [3.05, 3.63) is 69.0 Å². The number of halogens is 6. The predicted octanol–water partition coefficient (Wildman–Crippen LogP) is 5.11. The van der Waals surface area contributed by atoms with Crippen molar-refractivity contribution in [2.24, 2.45) is 0 Å². The van der Waals surface area contributed by atoms with Crippen molar-refractivity contribution in [3.8, 4) is 6.07 Å². The Kier molecular flexibility index (Phi) is 9.96. The van der Waals surface area contributed by atoms with E-state index < -0.39 is 17.6 Å². The topological polar surface area (TPSA) is 53.8 Å². The third-order valence-corrected chi connectivity index (χ3v) is 8.45. The molecule has 0 spiro atoms. The molecule has 2 fully saturated rings. The Hall–Kier alpha value is -2.42. The summed E-state index contributed by atoms with van der Waals surface area (Å²) in [5.41, 5.74) is 0.00214. The Morgan fingerprint density at radius 1 is 1.05 bits per heavy atom. The molecule has 0 N–H and O–H groups in total. The second-order valence-electron chi connectivity index (χ2n) is 10.4. The Bertz CT molecular complexity index is 1250. The highest BCUT2D eigenvalue weighted by atomic mass is 35.5. The van der Waals surface area contributed by atoms with Crippen molar-refractivity contribution in [2.45, 2.75) is 31.1 Å². The number of hydrogen-bond donors (Lipinski definition) is 0. The van der Waals surface area contributed by atoms with Gasteiger partial charge in [-0.2, -0.15) is 18.4 Å². The molecule has 12 heteroatoms. The van der Waals surface area contributed by atoms with E-state index in [2.05, 4.69) is 15.9 Å². The van der Waals surface area contributed by atoms with Gasteiger partial charge in [0.15, 0.2) is 0 Å². The van der Waals surface area contributed by atoms with E-state index in [1.54, 1.807) is 12.1 Å². The maximum atomic E-state index is 14.2. The normalized spacial score (nSPS) is 20.7. The van der Waals surface area contributed by atoms with E-state index in [0.29, 0.717) is 35.1 Å². The van der Waals surface area contributed by atoms with Crippen LogP contribution >= 0.6 is 23.2 Å². The van der Waals surface area contributed by atoms with Crippen LogP contribution in [0.5, 0.6) is 0 Å². The van der Waals surface area contributed by atoms with E-state index in [1.165, 1.54) is 6.07 Å². The fourth-order valence-corrected chi connectivity index (χ4v) is 5.78. The largest absolute Gasteiger partial charge is 0.419 e. The molecule has 1 amide bonds. The van der Waals surface area contributed by atoms with E-state index in [-0.39, 0.29) is 31.0 Å². The van der Waals surface area contributed by atoms with Crippen LogP contribution in [0.2, 0.25) is 10.0 Å². The summed E-state index contributed by atoms with van der Waals surface area (Å²) >= 11 is 12.4. The third kappa shape index (κ3) is 7.45. The summed E-state index contributed by atoms with van der Waals surface area (Å²) in [6.07, 6.45) is -4.28. The van der Waals surface area contributed by atoms with Gasteiger partial charge in [-0.15, -0.1) is 0 Å². The molecule has 2 saturated heterocycles. The Labute approximate surface area is 241 Å². The number of carbonyl (C=O) groups is 1. The summed E-state index contributed by atoms with van der Waals surface area (Å²) in [7, 11) is 1.82. The highest BCUT2D eigenvalue weighted by Crippen LogP contribution is 2.36. The highest BCUT2D eigenvalue weighted by Gasteiger charge is 2.39. The van der Waals surface area contributed by atoms with Crippen molar-refractivity contribution >= 4 is 29.1 Å². The zero-order chi connectivity index (χ0) is 29.0. The SMILES string of the molecule is CN(Cc1ccc(C(F)(F)F)c(F)c1)[C@H]1CN(C(=O)CN2CCN(CCC#N)CC2)C[C@@H]1c1ccc(Cl)c(Cl)c1. The summed E-state index contributed by atoms with van der Waals surface area (Å²) in [6, 6.07) is 10.3. The number of carbonyl (C=O) groups excluding carboxylic acids is 1. The Morgan fingerprint density at radius 3 is 2.38 bits per heavy atom. The minimum atomic E-state index is -4.76. The lowest BCUT2D eigenvalue weighted by Crippen LogP contribution is -2.50. The minimum Gasteiger partial charge on any atom is -0.339 e. The van der Waals surface area contributed by atoms with Crippen molar-refractivity contribution < 1.29 is 22.4 Å². The van der Waals surface area contributed by atoms with E-state index >= 15 is 0 Å². The van der Waals surface area contributed by atoms with Gasteiger partial charge >= 0.3 is 6.18 Å². The second-order valence-corrected chi connectivity index (χ2v) is 11.2. The second kappa shape index (κ2) is 13.0. The molecule has 0 aliphatic carbocycles. The lowest BCUT2D eigenvalue weighted by molar-refractivity contribution is -0.140. The number of likely N-dealkylation sites (tertiary alicyclic amines) is 1. The van der Waals surface area contributed by atoms with Crippen LogP contribution in [0.4, 0.5) is 17.6 Å². The number of alkyl halides is 3. The summed E-state index contributed by atoms with van der Waals surface area (Å²) < 4.78 is 53.3. The van der Waals surface area contributed by atoms with Crippen LogP contribution in [-0.2, 0) is 17.5 Å². The monoisotopic (exact) mass is 599 g/mol. The van der Waals surface area contributed by atoms with E-state index in [0.717, 1.165) is 50.4 Å². The molecule has 2 aromatic rings. The first-order valence-electron chi connectivity index (χ1n) is 13.1. The summed E-state index contributed by atoms with van der Waals surface area (Å²) in [5, 5.41) is 9.61. The van der Waals surface area contributed by atoms with Crippen LogP contribution in [0.15, 0.2) is 36.4 Å². The highest BCUT2D eigenvalue weighted by molar-refractivity contribution is 6.42. The number of benzene rings is 2. The number of hydrogen-bond acceptors (Lipinski definition) is 5. The number of amides is 1. The van der Waals surface area contributed by atoms with Crippen molar-refractivity contribution in [1.82, 2.24) is 19.6 Å². The minimum absolute atomic E-state index is 0.00740. The van der Waals surface area contributed by atoms with E-state index in [1.807, 2.05) is 22.9 Å². The van der Waals surface area contributed by atoms with Gasteiger partial charge in [0.25, 0.3) is 0 Å². The Morgan fingerprint density at radius 2 is 1.75 bits per heavy atom. The van der Waals surface area contributed by atoms with E-state index in [4.69, 9.17) is 28.5 Å². The van der Waals surface area contributed by atoms with Crippen LogP contribution in [0.3, 0.4) is 0 Å². The van der Waals surface area contributed by atoms with E-state index in [9.17, 15) is 22.4 Å². The van der Waals surface area contributed by atoms with Gasteiger partial charge in [-0.3, -0.25) is 19.5 Å². The van der Waals surface area contributed by atoms with Crippen LogP contribution in [0.1, 0.15) is 29.0 Å². The lowest BCUT2D eigenvalue weighted by atomic mass is 9.93. The maximum Gasteiger partial charge on any atom is 0.419 e. The third-order valence-electron chi connectivity index (χ3n) is 7.71. The van der Waals surface area contributed by atoms with Crippen LogP contribution in [-0.4, -0.2) is 91.0 Å². The fraction of sp³-hybridized carbons (Fsp3) is 0.500. The van der Waals surface area contributed by atoms with Crippen molar-refractivity contribution in [2.75, 3.05) is 59.4 Å². The number of likely N-dealkylation sites (N-methyl/N-ethyl adjacent to an activating group) is 1. The maximum absolute atomic E-state index is 14.2. The van der Waals surface area contributed by atoms with Gasteiger partial charge in [0, 0.05) is 70.7 Å². The lowest BCUT2D eigenvalue weighted by Gasteiger charge is -2.34. The van der Waals surface area contributed by atoms with Gasteiger partial charge in [-0.25, -0.2) is 4.39 Å². The molecule has 216 valence electrons. The molecule has 2 aliphatic heterocycles. The van der Waals surface area contributed by atoms with Gasteiger partial charge in [0.05, 0.1) is 28.2 Å². The molecule has 2 aromatic carbocycles. The average molecular weight is 600 g/mol. The molecule has 6 nitrogen and oxygen atoms in total. The smallest absolute Gasteiger partial charge is 0.339 e. The predicted molar refractivity (Wildman–Crippen MR) is 146 cm³/mol. The molecule has 40 heavy (non-hydrogen) atoms. The van der Waals surface area contributed by atoms with Crippen LogP contribution in [0, 0.1) is 17.1 Å². The zero-order valence-corrected chi connectivity index (χ0v) is 23.6. The molecule has 2 heterocycles. The zero-order valence-electron chi connectivity index (χ0n) is 22.1. The Balaban J connectivity index is 1.47. The molecule has 0 radical (unpaired) electrons. The van der Waals surface area contributed by atoms with Gasteiger partial charge in [0.2, 0.25) is 5.91 Å². The molecule has 0 bridgehead atoms. The average Bonchev–Trinajstić information content (AvgIpc) is 3.35. The van der Waals surface area contributed by atoms with Crippen molar-refractivity contribution in [3.63, 3.8) is 0 Å². The van der Waals surface area contributed by atoms with Crippen molar-refractivity contribution in [1.29, 1.82) is 5.26 Å². The summed E-state index contributed by atoms with van der Waals surface area (Å²) in [4.78, 5) is 21.5. The first-order valence-corrected chi connectivity index (χ1v) is 13.8. The molecule has 4 rings (SSSR count). The van der Waals surface area contributed by atoms with Gasteiger partial charge in [-0.1, -0.05) is 35.3 Å². The van der Waals surface area contributed by atoms with Gasteiger partial charge in [-0.05, 0) is 42.4 Å². The van der Waals surface area contributed by atoms with Gasteiger partial charge < -0.3 is 4.90 Å². The van der Waals surface area contributed by atoms with Gasteiger partial charge in [0.1, 0.15) is 5.82 Å². The molecule has 0 aromatic heterocycles. The summed E-state index contributed by atoms with van der Waals surface area (Å²) in [5.74, 6) is -1.45. The molecular weight excluding hydrogens is 569 g/mol. The van der Waals surface area contributed by atoms with Crippen LogP contribution < -0.4 is 0 Å². The standard InChI is InChI=1S/C28H31Cl2F4N5O/c1-36(15-19-3-5-22(25(31)13-19)28(32,33)34)26-17-39(16-21(26)20-4-6-23(29)24(30)14-20)27(40)18-38-11-9-37(10-12-38)8-2-7-35/h3-6,13-14,21,26H,2,8-12,15-18H2,1H3/t21-,26+/m1/s1. The number of rotatable bonds is 8. The first-order chi connectivity index (χ1) is 19.0. The number of piperazine rings is 1. The molecule has 0 saturated carbocycles. The van der Waals surface area contributed by atoms with Crippen LogP contribution in [0.25, 0.3) is 0 Å². The number of nitrogens with zero attached hydrogens (tertiary/aromatic N) is 5. The molecule has 2 atom stereocenters. The number of nitriles is 1. The quantitative estimate of drug-likeness (QED) is 0.395. The first kappa shape index (κ1) is 30.5. The summed E-state index contributed by atoms with van der Waals surface area (Å²) in [6.45, 7) is 5.14. The molecule has 0 unspecified atom stereocenters. The molecular formula is C28H31Cl2F4N5O.